The lowest BCUT2D eigenvalue weighted by Gasteiger charge is -2.29. The van der Waals surface area contributed by atoms with E-state index in [4.69, 9.17) is 0 Å². The maximum atomic E-state index is 12.4. The van der Waals surface area contributed by atoms with E-state index in [2.05, 4.69) is 15.6 Å². The molecule has 7 heteroatoms. The summed E-state index contributed by atoms with van der Waals surface area (Å²) in [5, 5.41) is 6.91. The van der Waals surface area contributed by atoms with Gasteiger partial charge in [-0.15, -0.1) is 11.3 Å². The zero-order chi connectivity index (χ0) is 18.6. The monoisotopic (exact) mass is 384 g/mol. The van der Waals surface area contributed by atoms with Gasteiger partial charge < -0.3 is 15.5 Å². The van der Waals surface area contributed by atoms with Crippen LogP contribution in [0.25, 0.3) is 0 Å². The van der Waals surface area contributed by atoms with Gasteiger partial charge in [-0.2, -0.15) is 0 Å². The van der Waals surface area contributed by atoms with Crippen molar-refractivity contribution in [2.75, 3.05) is 29.9 Å². The molecule has 2 N–H and O–H groups in total. The number of nitrogens with one attached hydrogen (secondary N) is 2. The maximum absolute atomic E-state index is 12.4. The van der Waals surface area contributed by atoms with E-state index in [1.165, 1.54) is 10.4 Å². The average Bonchev–Trinajstić information content (AvgIpc) is 3.16. The van der Waals surface area contributed by atoms with Gasteiger partial charge in [0.25, 0.3) is 0 Å². The Balaban J connectivity index is 1.34. The van der Waals surface area contributed by atoms with E-state index in [1.54, 1.807) is 16.2 Å². The standard InChI is InChI=1S/C20H24N4O2S/c25-18(23-20-22-13-17(27-20)15-7-10-21-11-8-15)9-12-24-16-4-2-1-3-14(16)5-6-19(24)26/h1-4,13,15,21H,5-12H2,(H,22,23,25). The van der Waals surface area contributed by atoms with Crippen LogP contribution in [0, 0.1) is 0 Å². The third-order valence-corrected chi connectivity index (χ3v) is 6.34. The number of hydrogen-bond donors (Lipinski definition) is 2. The fraction of sp³-hybridized carbons (Fsp3) is 0.450. The van der Waals surface area contributed by atoms with Crippen LogP contribution in [0.5, 0.6) is 0 Å². The largest absolute Gasteiger partial charge is 0.317 e. The number of nitrogens with zero attached hydrogens (tertiary/aromatic N) is 2. The van der Waals surface area contributed by atoms with Crippen LogP contribution in [0.1, 0.15) is 42.0 Å². The van der Waals surface area contributed by atoms with Crippen molar-refractivity contribution < 1.29 is 9.59 Å². The van der Waals surface area contributed by atoms with Crippen LogP contribution in [-0.2, 0) is 16.0 Å². The molecule has 3 heterocycles. The molecule has 1 fully saturated rings. The van der Waals surface area contributed by atoms with E-state index >= 15 is 0 Å². The highest BCUT2D eigenvalue weighted by Gasteiger charge is 2.24. The third-order valence-electron chi connectivity index (χ3n) is 5.27. The van der Waals surface area contributed by atoms with E-state index in [9.17, 15) is 9.59 Å². The predicted octanol–water partition coefficient (Wildman–Crippen LogP) is 2.92. The van der Waals surface area contributed by atoms with E-state index < -0.39 is 0 Å². The molecule has 0 unspecified atom stereocenters. The lowest BCUT2D eigenvalue weighted by molar-refractivity contribution is -0.119. The summed E-state index contributed by atoms with van der Waals surface area (Å²) in [6.45, 7) is 2.47. The minimum atomic E-state index is -0.0999. The Morgan fingerprint density at radius 1 is 1.26 bits per heavy atom. The Morgan fingerprint density at radius 3 is 2.93 bits per heavy atom. The van der Waals surface area contributed by atoms with Crippen LogP contribution in [0.4, 0.5) is 10.8 Å². The molecule has 142 valence electrons. The molecule has 1 aromatic heterocycles. The van der Waals surface area contributed by atoms with E-state index in [0.717, 1.165) is 38.0 Å². The first-order chi connectivity index (χ1) is 13.2. The molecule has 27 heavy (non-hydrogen) atoms. The van der Waals surface area contributed by atoms with E-state index in [1.807, 2.05) is 30.5 Å². The van der Waals surface area contributed by atoms with Crippen LogP contribution < -0.4 is 15.5 Å². The van der Waals surface area contributed by atoms with E-state index in [-0.39, 0.29) is 18.2 Å². The second kappa shape index (κ2) is 8.19. The van der Waals surface area contributed by atoms with Crippen LogP contribution in [0.3, 0.4) is 0 Å². The van der Waals surface area contributed by atoms with Gasteiger partial charge in [0.15, 0.2) is 5.13 Å². The summed E-state index contributed by atoms with van der Waals surface area (Å²) < 4.78 is 0. The van der Waals surface area contributed by atoms with Crippen molar-refractivity contribution in [3.63, 3.8) is 0 Å². The number of anilines is 2. The van der Waals surface area contributed by atoms with Crippen LogP contribution >= 0.6 is 11.3 Å². The zero-order valence-electron chi connectivity index (χ0n) is 15.2. The number of aromatic nitrogens is 1. The van der Waals surface area contributed by atoms with Crippen LogP contribution in [0.2, 0.25) is 0 Å². The summed E-state index contributed by atoms with van der Waals surface area (Å²) in [5.41, 5.74) is 2.10. The SMILES string of the molecule is O=C(CCN1C(=O)CCc2ccccc21)Nc1ncc(C2CCNCC2)s1. The fourth-order valence-electron chi connectivity index (χ4n) is 3.78. The lowest BCUT2D eigenvalue weighted by atomic mass is 9.97. The van der Waals surface area contributed by atoms with Gasteiger partial charge in [-0.05, 0) is 49.9 Å². The zero-order valence-corrected chi connectivity index (χ0v) is 16.1. The molecule has 0 aliphatic carbocycles. The number of amides is 2. The molecule has 2 aliphatic heterocycles. The third kappa shape index (κ3) is 4.20. The maximum Gasteiger partial charge on any atom is 0.227 e. The van der Waals surface area contributed by atoms with Gasteiger partial charge >= 0.3 is 0 Å². The number of piperidine rings is 1. The van der Waals surface area contributed by atoms with Gasteiger partial charge in [0.1, 0.15) is 0 Å². The second-order valence-electron chi connectivity index (χ2n) is 7.06. The van der Waals surface area contributed by atoms with Crippen molar-refractivity contribution in [2.45, 2.75) is 38.0 Å². The molecule has 2 aliphatic rings. The van der Waals surface area contributed by atoms with E-state index in [0.29, 0.717) is 24.0 Å². The highest BCUT2D eigenvalue weighted by Crippen LogP contribution is 2.32. The van der Waals surface area contributed by atoms with Crippen molar-refractivity contribution in [2.24, 2.45) is 0 Å². The summed E-state index contributed by atoms with van der Waals surface area (Å²) in [6, 6.07) is 7.92. The van der Waals surface area contributed by atoms with Gasteiger partial charge in [-0.25, -0.2) is 4.98 Å². The molecule has 2 aromatic rings. The Bertz CT molecular complexity index is 829. The molecule has 0 radical (unpaired) electrons. The summed E-state index contributed by atoms with van der Waals surface area (Å²) in [5.74, 6) is 0.526. The topological polar surface area (TPSA) is 74.3 Å². The molecule has 0 atom stereocenters. The van der Waals surface area contributed by atoms with Crippen molar-refractivity contribution in [1.82, 2.24) is 10.3 Å². The Kier molecular flexibility index (Phi) is 5.50. The Hall–Kier alpha value is -2.25. The summed E-state index contributed by atoms with van der Waals surface area (Å²) in [6.07, 6.45) is 5.67. The molecule has 0 spiro atoms. The molecule has 0 bridgehead atoms. The van der Waals surface area contributed by atoms with Gasteiger partial charge in [0.05, 0.1) is 0 Å². The normalized spacial score (nSPS) is 17.6. The van der Waals surface area contributed by atoms with Crippen molar-refractivity contribution in [1.29, 1.82) is 0 Å². The second-order valence-corrected chi connectivity index (χ2v) is 8.13. The van der Waals surface area contributed by atoms with Gasteiger partial charge in [0.2, 0.25) is 11.8 Å². The number of hydrogen-bond acceptors (Lipinski definition) is 5. The summed E-state index contributed by atoms with van der Waals surface area (Å²) >= 11 is 1.57. The first-order valence-electron chi connectivity index (χ1n) is 9.55. The van der Waals surface area contributed by atoms with Crippen LogP contribution in [-0.4, -0.2) is 36.4 Å². The molecule has 1 saturated heterocycles. The van der Waals surface area contributed by atoms with Crippen molar-refractivity contribution >= 4 is 34.0 Å². The lowest BCUT2D eigenvalue weighted by Crippen LogP contribution is -2.37. The highest BCUT2D eigenvalue weighted by molar-refractivity contribution is 7.15. The first kappa shape index (κ1) is 18.1. The van der Waals surface area contributed by atoms with Gasteiger partial charge in [-0.1, -0.05) is 18.2 Å². The summed E-state index contributed by atoms with van der Waals surface area (Å²) in [7, 11) is 0. The number of thiazole rings is 1. The number of aryl methyl sites for hydroxylation is 1. The number of fused-ring (bicyclic) bond motifs is 1. The molecular formula is C20H24N4O2S. The first-order valence-corrected chi connectivity index (χ1v) is 10.4. The number of rotatable bonds is 5. The highest BCUT2D eigenvalue weighted by atomic mass is 32.1. The summed E-state index contributed by atoms with van der Waals surface area (Å²) in [4.78, 5) is 32.0. The average molecular weight is 385 g/mol. The van der Waals surface area contributed by atoms with Gasteiger partial charge in [-0.3, -0.25) is 9.59 Å². The van der Waals surface area contributed by atoms with Crippen molar-refractivity contribution in [3.05, 3.63) is 40.9 Å². The molecule has 4 rings (SSSR count). The Labute approximate surface area is 163 Å². The quantitative estimate of drug-likeness (QED) is 0.831. The predicted molar refractivity (Wildman–Crippen MR) is 107 cm³/mol. The van der Waals surface area contributed by atoms with Crippen molar-refractivity contribution in [3.8, 4) is 0 Å². The number of carbonyl (C=O) groups is 2. The minimum Gasteiger partial charge on any atom is -0.317 e. The van der Waals surface area contributed by atoms with Crippen LogP contribution in [0.15, 0.2) is 30.5 Å². The minimum absolute atomic E-state index is 0.0870. The number of carbonyl (C=O) groups excluding carboxylic acids is 2. The molecule has 1 aromatic carbocycles. The molecule has 2 amide bonds. The molecular weight excluding hydrogens is 360 g/mol. The molecule has 6 nitrogen and oxygen atoms in total. The smallest absolute Gasteiger partial charge is 0.227 e. The Morgan fingerprint density at radius 2 is 2.07 bits per heavy atom. The number of benzene rings is 1. The molecule has 0 saturated carbocycles. The number of para-hydroxylation sites is 1. The fourth-order valence-corrected chi connectivity index (χ4v) is 4.78. The van der Waals surface area contributed by atoms with Gasteiger partial charge in [0, 0.05) is 36.1 Å².